The van der Waals surface area contributed by atoms with E-state index in [4.69, 9.17) is 25.5 Å². The third-order valence-corrected chi connectivity index (χ3v) is 4.21. The summed E-state index contributed by atoms with van der Waals surface area (Å²) in [5.74, 6) is 1.92. The van der Waals surface area contributed by atoms with Gasteiger partial charge in [-0.2, -0.15) is 0 Å². The average molecular weight is 374 g/mol. The van der Waals surface area contributed by atoms with E-state index in [1.54, 1.807) is 31.4 Å². The number of methoxy groups -OCH3 is 1. The van der Waals surface area contributed by atoms with Crippen molar-refractivity contribution in [3.05, 3.63) is 59.3 Å². The van der Waals surface area contributed by atoms with Crippen molar-refractivity contribution in [2.24, 2.45) is 0 Å². The number of nitrogens with one attached hydrogen (secondary N) is 1. The first-order chi connectivity index (χ1) is 12.6. The number of halogens is 1. The summed E-state index contributed by atoms with van der Waals surface area (Å²) in [5.41, 5.74) is 0.678. The fraction of sp³-hybridized carbons (Fsp3) is 0.250. The average Bonchev–Trinajstić information content (AvgIpc) is 3.08. The van der Waals surface area contributed by atoms with Crippen LogP contribution in [0, 0.1) is 0 Å². The van der Waals surface area contributed by atoms with E-state index in [1.165, 1.54) is 0 Å². The van der Waals surface area contributed by atoms with Crippen molar-refractivity contribution < 1.29 is 18.7 Å². The van der Waals surface area contributed by atoms with Crippen LogP contribution in [0.15, 0.2) is 52.9 Å². The zero-order chi connectivity index (χ0) is 18.5. The van der Waals surface area contributed by atoms with Crippen molar-refractivity contribution in [2.45, 2.75) is 19.4 Å². The summed E-state index contributed by atoms with van der Waals surface area (Å²) < 4.78 is 16.7. The lowest BCUT2D eigenvalue weighted by molar-refractivity contribution is -0.122. The van der Waals surface area contributed by atoms with Crippen LogP contribution < -0.4 is 14.8 Å². The molecule has 3 rings (SSSR count). The lowest BCUT2D eigenvalue weighted by atomic mass is 10.2. The second-order valence-corrected chi connectivity index (χ2v) is 6.31. The standard InChI is InChI=1S/C20H20ClNO4/c1-13(18-12-14-4-3-5-17(24-2)20(14)26-18)22-19(23)10-11-25-16-8-6-15(21)7-9-16/h3-9,12-13H,10-11H2,1-2H3,(H,22,23). The van der Waals surface area contributed by atoms with Gasteiger partial charge in [0.25, 0.3) is 0 Å². The molecule has 1 N–H and O–H groups in total. The predicted octanol–water partition coefficient (Wildman–Crippen LogP) is 4.74. The third-order valence-electron chi connectivity index (χ3n) is 3.96. The SMILES string of the molecule is COc1cccc2cc(C(C)NC(=O)CCOc3ccc(Cl)cc3)oc12. The summed E-state index contributed by atoms with van der Waals surface area (Å²) >= 11 is 5.82. The fourth-order valence-corrected chi connectivity index (χ4v) is 2.73. The van der Waals surface area contributed by atoms with E-state index in [-0.39, 0.29) is 25.0 Å². The molecule has 1 amide bonds. The molecule has 0 aliphatic carbocycles. The van der Waals surface area contributed by atoms with Crippen LogP contribution in [-0.2, 0) is 4.79 Å². The number of rotatable bonds is 7. The quantitative estimate of drug-likeness (QED) is 0.649. The number of ether oxygens (including phenoxy) is 2. The Balaban J connectivity index is 1.54. The molecule has 2 aromatic carbocycles. The molecule has 1 atom stereocenters. The minimum absolute atomic E-state index is 0.112. The summed E-state index contributed by atoms with van der Waals surface area (Å²) in [6, 6.07) is 14.4. The maximum Gasteiger partial charge on any atom is 0.224 e. The van der Waals surface area contributed by atoms with E-state index >= 15 is 0 Å². The number of hydrogen-bond acceptors (Lipinski definition) is 4. The van der Waals surface area contributed by atoms with Gasteiger partial charge in [-0.25, -0.2) is 0 Å². The zero-order valence-corrected chi connectivity index (χ0v) is 15.4. The molecule has 136 valence electrons. The molecule has 3 aromatic rings. The second-order valence-electron chi connectivity index (χ2n) is 5.87. The highest BCUT2D eigenvalue weighted by Crippen LogP contribution is 2.30. The summed E-state index contributed by atoms with van der Waals surface area (Å²) in [6.07, 6.45) is 0.247. The van der Waals surface area contributed by atoms with E-state index in [0.29, 0.717) is 27.9 Å². The van der Waals surface area contributed by atoms with E-state index in [0.717, 1.165) is 5.39 Å². The van der Waals surface area contributed by atoms with E-state index in [1.807, 2.05) is 31.2 Å². The highest BCUT2D eigenvalue weighted by molar-refractivity contribution is 6.30. The van der Waals surface area contributed by atoms with Crippen molar-refractivity contribution in [1.82, 2.24) is 5.32 Å². The highest BCUT2D eigenvalue weighted by Gasteiger charge is 2.16. The molecule has 0 spiro atoms. The molecule has 1 heterocycles. The van der Waals surface area contributed by atoms with Gasteiger partial charge in [0, 0.05) is 10.4 Å². The Kier molecular flexibility index (Phi) is 5.68. The number of hydrogen-bond donors (Lipinski definition) is 1. The van der Waals surface area contributed by atoms with E-state index in [9.17, 15) is 4.79 Å². The first kappa shape index (κ1) is 18.1. The van der Waals surface area contributed by atoms with Gasteiger partial charge in [-0.3, -0.25) is 4.79 Å². The second kappa shape index (κ2) is 8.15. The van der Waals surface area contributed by atoms with Gasteiger partial charge in [0.15, 0.2) is 11.3 Å². The minimum Gasteiger partial charge on any atom is -0.493 e. The van der Waals surface area contributed by atoms with Crippen LogP contribution in [0.1, 0.15) is 25.1 Å². The van der Waals surface area contributed by atoms with Gasteiger partial charge < -0.3 is 19.2 Å². The smallest absolute Gasteiger partial charge is 0.224 e. The van der Waals surface area contributed by atoms with Crippen LogP contribution in [0.5, 0.6) is 11.5 Å². The molecular weight excluding hydrogens is 354 g/mol. The van der Waals surface area contributed by atoms with Crippen molar-refractivity contribution in [3.8, 4) is 11.5 Å². The Morgan fingerprint density at radius 3 is 2.73 bits per heavy atom. The lowest BCUT2D eigenvalue weighted by Crippen LogP contribution is -2.27. The van der Waals surface area contributed by atoms with Crippen LogP contribution in [0.2, 0.25) is 5.02 Å². The molecule has 0 aliphatic heterocycles. The minimum atomic E-state index is -0.255. The normalized spacial score (nSPS) is 12.0. The van der Waals surface area contributed by atoms with Crippen LogP contribution in [-0.4, -0.2) is 19.6 Å². The molecule has 0 fully saturated rings. The topological polar surface area (TPSA) is 60.7 Å². The first-order valence-electron chi connectivity index (χ1n) is 8.31. The Morgan fingerprint density at radius 1 is 1.23 bits per heavy atom. The molecule has 0 radical (unpaired) electrons. The van der Waals surface area contributed by atoms with Gasteiger partial charge in [-0.15, -0.1) is 0 Å². The highest BCUT2D eigenvalue weighted by atomic mass is 35.5. The summed E-state index contributed by atoms with van der Waals surface area (Å²) in [5, 5.41) is 4.50. The van der Waals surface area contributed by atoms with Gasteiger partial charge in [-0.1, -0.05) is 23.7 Å². The number of carbonyl (C=O) groups excluding carboxylic acids is 1. The third kappa shape index (κ3) is 4.29. The largest absolute Gasteiger partial charge is 0.493 e. The molecule has 1 aromatic heterocycles. The molecule has 0 aliphatic rings. The Bertz CT molecular complexity index is 888. The number of carbonyl (C=O) groups is 1. The van der Waals surface area contributed by atoms with Crippen LogP contribution in [0.4, 0.5) is 0 Å². The van der Waals surface area contributed by atoms with Crippen molar-refractivity contribution in [1.29, 1.82) is 0 Å². The Labute approximate surface area is 156 Å². The zero-order valence-electron chi connectivity index (χ0n) is 14.6. The molecule has 0 saturated heterocycles. The number of benzene rings is 2. The molecule has 1 unspecified atom stereocenters. The summed E-state index contributed by atoms with van der Waals surface area (Å²) in [7, 11) is 1.60. The van der Waals surface area contributed by atoms with Crippen molar-refractivity contribution >= 4 is 28.5 Å². The van der Waals surface area contributed by atoms with Crippen LogP contribution >= 0.6 is 11.6 Å². The first-order valence-corrected chi connectivity index (χ1v) is 8.69. The van der Waals surface area contributed by atoms with Crippen molar-refractivity contribution in [2.75, 3.05) is 13.7 Å². The fourth-order valence-electron chi connectivity index (χ4n) is 2.61. The van der Waals surface area contributed by atoms with Gasteiger partial charge in [-0.05, 0) is 43.3 Å². The van der Waals surface area contributed by atoms with Gasteiger partial charge in [0.1, 0.15) is 11.5 Å². The molecule has 26 heavy (non-hydrogen) atoms. The molecular formula is C20H20ClNO4. The number of fused-ring (bicyclic) bond motifs is 1. The monoisotopic (exact) mass is 373 g/mol. The molecule has 0 saturated carbocycles. The lowest BCUT2D eigenvalue weighted by Gasteiger charge is -2.12. The van der Waals surface area contributed by atoms with Crippen LogP contribution in [0.3, 0.4) is 0 Å². The maximum absolute atomic E-state index is 12.1. The number of para-hydroxylation sites is 1. The Hall–Kier alpha value is -2.66. The van der Waals surface area contributed by atoms with Crippen molar-refractivity contribution in [3.63, 3.8) is 0 Å². The van der Waals surface area contributed by atoms with Gasteiger partial charge >= 0.3 is 0 Å². The van der Waals surface area contributed by atoms with Gasteiger partial charge in [0.05, 0.1) is 26.2 Å². The maximum atomic E-state index is 12.1. The van der Waals surface area contributed by atoms with Crippen LogP contribution in [0.25, 0.3) is 11.0 Å². The Morgan fingerprint density at radius 2 is 2.00 bits per heavy atom. The van der Waals surface area contributed by atoms with E-state index in [2.05, 4.69) is 5.32 Å². The van der Waals surface area contributed by atoms with Gasteiger partial charge in [0.2, 0.25) is 5.91 Å². The molecule has 0 bridgehead atoms. The summed E-state index contributed by atoms with van der Waals surface area (Å²) in [6.45, 7) is 2.16. The molecule has 5 nitrogen and oxygen atoms in total. The number of amides is 1. The summed E-state index contributed by atoms with van der Waals surface area (Å²) in [4.78, 5) is 12.1. The predicted molar refractivity (Wildman–Crippen MR) is 101 cm³/mol. The van der Waals surface area contributed by atoms with E-state index < -0.39 is 0 Å². The molecule has 6 heteroatoms. The number of furan rings is 1.